The molecule has 0 aliphatic carbocycles. The van der Waals surface area contributed by atoms with Gasteiger partial charge in [-0.1, -0.05) is 0 Å². The van der Waals surface area contributed by atoms with Gasteiger partial charge in [-0.05, 0) is 64.7 Å². The van der Waals surface area contributed by atoms with E-state index < -0.39 is 0 Å². The van der Waals surface area contributed by atoms with Crippen LogP contribution >= 0.6 is 27.7 Å². The highest BCUT2D eigenvalue weighted by Gasteiger charge is 2.13. The van der Waals surface area contributed by atoms with E-state index in [1.807, 2.05) is 6.20 Å². The lowest BCUT2D eigenvalue weighted by molar-refractivity contribution is 0.515. The Morgan fingerprint density at radius 1 is 1.50 bits per heavy atom. The summed E-state index contributed by atoms with van der Waals surface area (Å²) in [4.78, 5) is 4.40. The minimum absolute atomic E-state index is 0.816. The van der Waals surface area contributed by atoms with Crippen LogP contribution in [0.25, 0.3) is 0 Å². The van der Waals surface area contributed by atoms with E-state index in [2.05, 4.69) is 51.0 Å². The van der Waals surface area contributed by atoms with Crippen molar-refractivity contribution in [3.05, 3.63) is 22.3 Å². The predicted octanol–water partition coefficient (Wildman–Crippen LogP) is 3.71. The predicted molar refractivity (Wildman–Crippen MR) is 75.2 cm³/mol. The molecule has 4 heteroatoms. The van der Waals surface area contributed by atoms with Crippen molar-refractivity contribution >= 4 is 33.5 Å². The maximum atomic E-state index is 4.40. The number of hydrogen-bond acceptors (Lipinski definition) is 3. The fourth-order valence-corrected chi connectivity index (χ4v) is 3.66. The Labute approximate surface area is 110 Å². The smallest absolute Gasteiger partial charge is 0.140 e. The highest BCUT2D eigenvalue weighted by atomic mass is 79.9. The van der Waals surface area contributed by atoms with Crippen LogP contribution in [-0.4, -0.2) is 23.0 Å². The van der Waals surface area contributed by atoms with Gasteiger partial charge in [-0.3, -0.25) is 0 Å². The second-order valence-corrected chi connectivity index (χ2v) is 6.36. The largest absolute Gasteiger partial charge is 0.369 e. The molecule has 88 valence electrons. The molecule has 16 heavy (non-hydrogen) atoms. The lowest BCUT2D eigenvalue weighted by Gasteiger charge is -2.22. The van der Waals surface area contributed by atoms with Crippen molar-refractivity contribution in [2.75, 3.05) is 23.4 Å². The summed E-state index contributed by atoms with van der Waals surface area (Å²) < 4.78 is 1.07. The van der Waals surface area contributed by atoms with Gasteiger partial charge in [-0.2, -0.15) is 11.8 Å². The van der Waals surface area contributed by atoms with Crippen LogP contribution in [0.4, 0.5) is 5.82 Å². The number of rotatable bonds is 3. The molecule has 0 spiro atoms. The third kappa shape index (κ3) is 3.39. The minimum Gasteiger partial charge on any atom is -0.369 e. The van der Waals surface area contributed by atoms with E-state index in [0.29, 0.717) is 0 Å². The average molecular weight is 301 g/mol. The Morgan fingerprint density at radius 3 is 2.94 bits per heavy atom. The second-order valence-electron chi connectivity index (χ2n) is 4.28. The van der Waals surface area contributed by atoms with Crippen LogP contribution in [0.2, 0.25) is 0 Å². The van der Waals surface area contributed by atoms with Gasteiger partial charge in [0.1, 0.15) is 5.82 Å². The van der Waals surface area contributed by atoms with Gasteiger partial charge in [0, 0.05) is 12.7 Å². The molecule has 0 atom stereocenters. The molecule has 1 aliphatic rings. The van der Waals surface area contributed by atoms with Crippen LogP contribution in [0.5, 0.6) is 0 Å². The molecule has 1 saturated heterocycles. The van der Waals surface area contributed by atoms with E-state index in [9.17, 15) is 0 Å². The monoisotopic (exact) mass is 300 g/mol. The highest BCUT2D eigenvalue weighted by Crippen LogP contribution is 2.25. The molecule has 0 saturated carbocycles. The lowest BCUT2D eigenvalue weighted by atomic mass is 10.0. The summed E-state index contributed by atoms with van der Waals surface area (Å²) in [5.74, 6) is 4.42. The standard InChI is InChI=1S/C12H17BrN2S/c1-9-6-11(13)12(14-7-9)15-8-10-2-4-16-5-3-10/h6-7,10H,2-5,8H2,1H3,(H,14,15). The number of nitrogens with one attached hydrogen (secondary N) is 1. The molecule has 2 heterocycles. The summed E-state index contributed by atoms with van der Waals surface area (Å²) in [6.07, 6.45) is 4.58. The molecule has 1 fully saturated rings. The zero-order chi connectivity index (χ0) is 11.4. The van der Waals surface area contributed by atoms with Crippen molar-refractivity contribution in [1.29, 1.82) is 0 Å². The van der Waals surface area contributed by atoms with E-state index in [0.717, 1.165) is 22.8 Å². The first-order chi connectivity index (χ1) is 7.75. The number of pyridine rings is 1. The Balaban J connectivity index is 1.88. The van der Waals surface area contributed by atoms with Gasteiger partial charge >= 0.3 is 0 Å². The van der Waals surface area contributed by atoms with Gasteiger partial charge in [0.15, 0.2) is 0 Å². The molecule has 1 N–H and O–H groups in total. The molecule has 1 aromatic rings. The summed E-state index contributed by atoms with van der Waals surface area (Å²) in [6, 6.07) is 2.10. The summed E-state index contributed by atoms with van der Waals surface area (Å²) in [5.41, 5.74) is 1.19. The first-order valence-electron chi connectivity index (χ1n) is 5.69. The summed E-state index contributed by atoms with van der Waals surface area (Å²) >= 11 is 5.62. The number of hydrogen-bond donors (Lipinski definition) is 1. The van der Waals surface area contributed by atoms with Gasteiger partial charge in [-0.25, -0.2) is 4.98 Å². The van der Waals surface area contributed by atoms with E-state index in [1.54, 1.807) is 0 Å². The summed E-state index contributed by atoms with van der Waals surface area (Å²) in [6.45, 7) is 3.11. The molecule has 0 aromatic carbocycles. The molecule has 0 bridgehead atoms. The van der Waals surface area contributed by atoms with Crippen molar-refractivity contribution in [2.45, 2.75) is 19.8 Å². The van der Waals surface area contributed by atoms with Crippen molar-refractivity contribution in [1.82, 2.24) is 4.98 Å². The van der Waals surface area contributed by atoms with Crippen LogP contribution in [0, 0.1) is 12.8 Å². The van der Waals surface area contributed by atoms with Crippen LogP contribution in [0.3, 0.4) is 0 Å². The number of nitrogens with zero attached hydrogens (tertiary/aromatic N) is 1. The zero-order valence-corrected chi connectivity index (χ0v) is 11.9. The van der Waals surface area contributed by atoms with Crippen LogP contribution in [-0.2, 0) is 0 Å². The molecule has 1 aromatic heterocycles. The topological polar surface area (TPSA) is 24.9 Å². The Hall–Kier alpha value is -0.220. The Morgan fingerprint density at radius 2 is 2.25 bits per heavy atom. The molecule has 0 radical (unpaired) electrons. The van der Waals surface area contributed by atoms with Gasteiger partial charge in [-0.15, -0.1) is 0 Å². The number of aromatic nitrogens is 1. The van der Waals surface area contributed by atoms with Crippen molar-refractivity contribution in [3.63, 3.8) is 0 Å². The van der Waals surface area contributed by atoms with E-state index in [4.69, 9.17) is 0 Å². The van der Waals surface area contributed by atoms with E-state index in [1.165, 1.54) is 29.9 Å². The average Bonchev–Trinajstić information content (AvgIpc) is 2.29. The minimum atomic E-state index is 0.816. The van der Waals surface area contributed by atoms with Crippen molar-refractivity contribution < 1.29 is 0 Å². The van der Waals surface area contributed by atoms with Gasteiger partial charge < -0.3 is 5.32 Å². The lowest BCUT2D eigenvalue weighted by Crippen LogP contribution is -2.19. The Kier molecular flexibility index (Phi) is 4.53. The molecular formula is C12H17BrN2S. The molecular weight excluding hydrogens is 284 g/mol. The summed E-state index contributed by atoms with van der Waals surface area (Å²) in [5, 5.41) is 3.44. The number of halogens is 1. The van der Waals surface area contributed by atoms with Gasteiger partial charge in [0.2, 0.25) is 0 Å². The van der Waals surface area contributed by atoms with Gasteiger partial charge in [0.25, 0.3) is 0 Å². The fraction of sp³-hybridized carbons (Fsp3) is 0.583. The normalized spacial score (nSPS) is 17.4. The van der Waals surface area contributed by atoms with E-state index >= 15 is 0 Å². The molecule has 0 unspecified atom stereocenters. The molecule has 2 rings (SSSR count). The van der Waals surface area contributed by atoms with Crippen LogP contribution in [0.15, 0.2) is 16.7 Å². The molecule has 2 nitrogen and oxygen atoms in total. The SMILES string of the molecule is Cc1cnc(NCC2CCSCC2)c(Br)c1. The third-order valence-corrected chi connectivity index (χ3v) is 4.53. The molecule has 0 amide bonds. The number of anilines is 1. The number of thioether (sulfide) groups is 1. The van der Waals surface area contributed by atoms with Crippen LogP contribution in [0.1, 0.15) is 18.4 Å². The zero-order valence-electron chi connectivity index (χ0n) is 9.50. The highest BCUT2D eigenvalue weighted by molar-refractivity contribution is 9.10. The van der Waals surface area contributed by atoms with Crippen molar-refractivity contribution in [3.8, 4) is 0 Å². The van der Waals surface area contributed by atoms with Crippen LogP contribution < -0.4 is 5.32 Å². The van der Waals surface area contributed by atoms with Gasteiger partial charge in [0.05, 0.1) is 4.47 Å². The fourth-order valence-electron chi connectivity index (χ4n) is 1.86. The maximum absolute atomic E-state index is 4.40. The maximum Gasteiger partial charge on any atom is 0.140 e. The van der Waals surface area contributed by atoms with E-state index in [-0.39, 0.29) is 0 Å². The first-order valence-corrected chi connectivity index (χ1v) is 7.64. The summed E-state index contributed by atoms with van der Waals surface area (Å²) in [7, 11) is 0. The van der Waals surface area contributed by atoms with Crippen molar-refractivity contribution in [2.24, 2.45) is 5.92 Å². The first kappa shape index (κ1) is 12.2. The third-order valence-electron chi connectivity index (χ3n) is 2.88. The number of aryl methyl sites for hydroxylation is 1. The quantitative estimate of drug-likeness (QED) is 0.921. The molecule has 1 aliphatic heterocycles. The second kappa shape index (κ2) is 5.92. The Bertz CT molecular complexity index is 351.